The van der Waals surface area contributed by atoms with Gasteiger partial charge in [0.1, 0.15) is 17.6 Å². The number of aliphatic imine (C=N–C) groups is 1. The number of ether oxygens (including phenoxy) is 3. The average molecular weight is 515 g/mol. The van der Waals surface area contributed by atoms with Crippen LogP contribution in [0.4, 0.5) is 0 Å². The summed E-state index contributed by atoms with van der Waals surface area (Å²) in [4.78, 5) is 6.65. The maximum Gasteiger partial charge on any atom is 0.193 e. The molecule has 1 fully saturated rings. The van der Waals surface area contributed by atoms with Crippen LogP contribution in [0.15, 0.2) is 41.7 Å². The lowest BCUT2D eigenvalue weighted by atomic mass is 10.1. The number of halogens is 1. The van der Waals surface area contributed by atoms with Gasteiger partial charge in [0, 0.05) is 38.9 Å². The van der Waals surface area contributed by atoms with Crippen molar-refractivity contribution in [2.45, 2.75) is 12.5 Å². The molecule has 1 aliphatic rings. The van der Waals surface area contributed by atoms with Gasteiger partial charge in [-0.2, -0.15) is 5.10 Å². The fourth-order valence-electron chi connectivity index (χ4n) is 3.12. The third-order valence-electron chi connectivity index (χ3n) is 4.61. The van der Waals surface area contributed by atoms with Crippen LogP contribution in [0.1, 0.15) is 18.1 Å². The van der Waals surface area contributed by atoms with Crippen molar-refractivity contribution in [3.63, 3.8) is 0 Å². The van der Waals surface area contributed by atoms with Crippen LogP contribution in [0.3, 0.4) is 0 Å². The van der Waals surface area contributed by atoms with Crippen molar-refractivity contribution in [3.8, 4) is 11.5 Å². The third kappa shape index (κ3) is 6.77. The summed E-state index contributed by atoms with van der Waals surface area (Å²) in [6.07, 6.45) is 4.75. The van der Waals surface area contributed by atoms with Crippen molar-refractivity contribution in [1.82, 2.24) is 20.0 Å². The Balaban J connectivity index is 0.00000300. The Hall–Kier alpha value is -2.01. The molecule has 2 aromatic rings. The van der Waals surface area contributed by atoms with E-state index >= 15 is 0 Å². The van der Waals surface area contributed by atoms with Crippen molar-refractivity contribution >= 4 is 29.9 Å². The van der Waals surface area contributed by atoms with E-state index < -0.39 is 0 Å². The van der Waals surface area contributed by atoms with Crippen LogP contribution in [0.2, 0.25) is 0 Å². The summed E-state index contributed by atoms with van der Waals surface area (Å²) in [5.41, 5.74) is 1.09. The zero-order chi connectivity index (χ0) is 19.8. The Kier molecular flexibility index (Phi) is 9.52. The maximum atomic E-state index is 5.90. The smallest absolute Gasteiger partial charge is 0.193 e. The van der Waals surface area contributed by atoms with Gasteiger partial charge in [-0.1, -0.05) is 0 Å². The van der Waals surface area contributed by atoms with E-state index in [2.05, 4.69) is 20.3 Å². The van der Waals surface area contributed by atoms with Crippen LogP contribution in [0.25, 0.3) is 0 Å². The summed E-state index contributed by atoms with van der Waals surface area (Å²) in [6, 6.07) is 7.62. The molecule has 1 N–H and O–H groups in total. The second kappa shape index (κ2) is 11.9. The van der Waals surface area contributed by atoms with E-state index in [1.165, 1.54) is 0 Å². The van der Waals surface area contributed by atoms with E-state index in [1.807, 2.05) is 50.8 Å². The number of aromatic nitrogens is 2. The molecule has 1 aromatic carbocycles. The second-order valence-corrected chi connectivity index (χ2v) is 6.60. The molecule has 3 rings (SSSR count). The molecule has 1 aromatic heterocycles. The molecule has 0 aliphatic carbocycles. The van der Waals surface area contributed by atoms with Crippen LogP contribution >= 0.6 is 24.0 Å². The van der Waals surface area contributed by atoms with Crippen molar-refractivity contribution < 1.29 is 14.2 Å². The van der Waals surface area contributed by atoms with E-state index in [0.717, 1.165) is 49.1 Å². The lowest BCUT2D eigenvalue weighted by Crippen LogP contribution is -2.48. The molecule has 2 heterocycles. The first kappa shape index (κ1) is 23.3. The number of methoxy groups -OCH3 is 1. The van der Waals surface area contributed by atoms with E-state index in [1.54, 1.807) is 11.8 Å². The molecule has 1 saturated heterocycles. The fourth-order valence-corrected chi connectivity index (χ4v) is 3.12. The molecule has 9 heteroatoms. The predicted octanol–water partition coefficient (Wildman–Crippen LogP) is 2.46. The molecule has 8 nitrogen and oxygen atoms in total. The monoisotopic (exact) mass is 515 g/mol. The van der Waals surface area contributed by atoms with Crippen molar-refractivity contribution in [2.24, 2.45) is 12.0 Å². The minimum absolute atomic E-state index is 0. The second-order valence-electron chi connectivity index (χ2n) is 6.60. The summed E-state index contributed by atoms with van der Waals surface area (Å²) in [7, 11) is 5.38. The van der Waals surface area contributed by atoms with Gasteiger partial charge in [-0.3, -0.25) is 9.67 Å². The number of rotatable bonds is 7. The third-order valence-corrected chi connectivity index (χ3v) is 4.61. The largest absolute Gasteiger partial charge is 0.497 e. The van der Waals surface area contributed by atoms with Gasteiger partial charge in [-0.25, -0.2) is 0 Å². The van der Waals surface area contributed by atoms with Gasteiger partial charge in [0.15, 0.2) is 5.96 Å². The van der Waals surface area contributed by atoms with Gasteiger partial charge in [-0.15, -0.1) is 24.0 Å². The summed E-state index contributed by atoms with van der Waals surface area (Å²) < 4.78 is 18.6. The van der Waals surface area contributed by atoms with Crippen LogP contribution in [-0.4, -0.2) is 67.6 Å². The number of benzene rings is 1. The van der Waals surface area contributed by atoms with Crippen LogP contribution in [0.5, 0.6) is 11.5 Å². The van der Waals surface area contributed by atoms with Crippen LogP contribution in [0, 0.1) is 0 Å². The quantitative estimate of drug-likeness (QED) is 0.265. The molecule has 0 amide bonds. The van der Waals surface area contributed by atoms with Crippen molar-refractivity contribution in [2.75, 3.05) is 47.0 Å². The molecule has 1 atom stereocenters. The molecular weight excluding hydrogens is 485 g/mol. The maximum absolute atomic E-state index is 5.90. The molecule has 0 saturated carbocycles. The summed E-state index contributed by atoms with van der Waals surface area (Å²) in [5.74, 6) is 2.56. The van der Waals surface area contributed by atoms with Gasteiger partial charge in [0.2, 0.25) is 0 Å². The van der Waals surface area contributed by atoms with E-state index in [9.17, 15) is 0 Å². The zero-order valence-electron chi connectivity index (χ0n) is 17.2. The molecule has 1 aliphatic heterocycles. The van der Waals surface area contributed by atoms with Gasteiger partial charge >= 0.3 is 0 Å². The minimum atomic E-state index is 0. The zero-order valence-corrected chi connectivity index (χ0v) is 19.5. The van der Waals surface area contributed by atoms with Gasteiger partial charge in [0.05, 0.1) is 33.1 Å². The topological polar surface area (TPSA) is 73.1 Å². The van der Waals surface area contributed by atoms with E-state index in [-0.39, 0.29) is 30.1 Å². The average Bonchev–Trinajstić information content (AvgIpc) is 3.17. The first-order valence-corrected chi connectivity index (χ1v) is 9.52. The van der Waals surface area contributed by atoms with Crippen molar-refractivity contribution in [3.05, 3.63) is 42.2 Å². The highest BCUT2D eigenvalue weighted by atomic mass is 127. The Morgan fingerprint density at radius 3 is 2.72 bits per heavy atom. The Bertz CT molecular complexity index is 766. The SMILES string of the molecule is CN=C(NCCCOc1ccc(OC)cc1)N1CCOC(c2cnn(C)c2)C1.I. The summed E-state index contributed by atoms with van der Waals surface area (Å²) in [5, 5.41) is 7.66. The molecule has 0 radical (unpaired) electrons. The first-order valence-electron chi connectivity index (χ1n) is 9.52. The highest BCUT2D eigenvalue weighted by Gasteiger charge is 2.24. The molecule has 0 spiro atoms. The fraction of sp³-hybridized carbons (Fsp3) is 0.500. The Morgan fingerprint density at radius 1 is 1.31 bits per heavy atom. The standard InChI is InChI=1S/C20H29N5O3.HI/c1-21-20(22-9-4-11-27-18-7-5-17(26-3)6-8-18)25-10-12-28-19(15-25)16-13-23-24(2)14-16;/h5-8,13-14,19H,4,9-12,15H2,1-3H3,(H,21,22);1H. The lowest BCUT2D eigenvalue weighted by Gasteiger charge is -2.34. The Labute approximate surface area is 189 Å². The number of hydrogen-bond acceptors (Lipinski definition) is 5. The van der Waals surface area contributed by atoms with E-state index in [0.29, 0.717) is 13.2 Å². The Morgan fingerprint density at radius 2 is 2.07 bits per heavy atom. The normalized spacial score (nSPS) is 16.9. The number of nitrogens with zero attached hydrogens (tertiary/aromatic N) is 4. The minimum Gasteiger partial charge on any atom is -0.497 e. The number of guanidine groups is 1. The molecule has 1 unspecified atom stereocenters. The number of morpholine rings is 1. The highest BCUT2D eigenvalue weighted by molar-refractivity contribution is 14.0. The predicted molar refractivity (Wildman–Crippen MR) is 123 cm³/mol. The van der Waals surface area contributed by atoms with Gasteiger partial charge in [0.25, 0.3) is 0 Å². The molecular formula is C20H30IN5O3. The molecule has 160 valence electrons. The highest BCUT2D eigenvalue weighted by Crippen LogP contribution is 2.21. The first-order chi connectivity index (χ1) is 13.7. The number of aryl methyl sites for hydroxylation is 1. The molecule has 29 heavy (non-hydrogen) atoms. The lowest BCUT2D eigenvalue weighted by molar-refractivity contribution is -0.00803. The van der Waals surface area contributed by atoms with Gasteiger partial charge < -0.3 is 24.4 Å². The summed E-state index contributed by atoms with van der Waals surface area (Å²) >= 11 is 0. The van der Waals surface area contributed by atoms with Crippen LogP contribution < -0.4 is 14.8 Å². The van der Waals surface area contributed by atoms with Crippen LogP contribution in [-0.2, 0) is 11.8 Å². The van der Waals surface area contributed by atoms with Crippen molar-refractivity contribution in [1.29, 1.82) is 0 Å². The molecule has 0 bridgehead atoms. The number of nitrogens with one attached hydrogen (secondary N) is 1. The number of hydrogen-bond donors (Lipinski definition) is 1. The summed E-state index contributed by atoms with van der Waals surface area (Å²) in [6.45, 7) is 3.67. The van der Waals surface area contributed by atoms with Gasteiger partial charge in [-0.05, 0) is 30.7 Å². The van der Waals surface area contributed by atoms with E-state index in [4.69, 9.17) is 14.2 Å².